The third-order valence-electron chi connectivity index (χ3n) is 2.09. The number of thioether (sulfide) groups is 1. The van der Waals surface area contributed by atoms with Crippen LogP contribution in [0.5, 0.6) is 0 Å². The lowest BCUT2D eigenvalue weighted by Gasteiger charge is -2.08. The standard InChI is InChI=1S/C12H16FNOS/c1-14(2)7-8-16-9-12(15)10-5-3-4-6-11(10)13/h3-6H,7-9H2,1-2H3. The maximum absolute atomic E-state index is 13.2. The molecule has 1 aromatic rings. The molecule has 0 heterocycles. The minimum Gasteiger partial charge on any atom is -0.309 e. The summed E-state index contributed by atoms with van der Waals surface area (Å²) in [6.45, 7) is 0.926. The molecule has 1 aromatic carbocycles. The molecule has 0 radical (unpaired) electrons. The molecule has 0 amide bonds. The van der Waals surface area contributed by atoms with Gasteiger partial charge in [0.05, 0.1) is 11.3 Å². The first-order chi connectivity index (χ1) is 7.61. The highest BCUT2D eigenvalue weighted by molar-refractivity contribution is 8.00. The smallest absolute Gasteiger partial charge is 0.175 e. The summed E-state index contributed by atoms with van der Waals surface area (Å²) in [5, 5.41) is 0. The molecule has 0 aliphatic heterocycles. The number of hydrogen-bond acceptors (Lipinski definition) is 3. The summed E-state index contributed by atoms with van der Waals surface area (Å²) in [6, 6.07) is 6.12. The van der Waals surface area contributed by atoms with Gasteiger partial charge in [0.1, 0.15) is 5.82 Å². The number of carbonyl (C=O) groups is 1. The van der Waals surface area contributed by atoms with Gasteiger partial charge in [0.2, 0.25) is 0 Å². The van der Waals surface area contributed by atoms with Crippen LogP contribution in [0.3, 0.4) is 0 Å². The molecular weight excluding hydrogens is 225 g/mol. The fourth-order valence-corrected chi connectivity index (χ4v) is 2.16. The van der Waals surface area contributed by atoms with Gasteiger partial charge in [0, 0.05) is 12.3 Å². The zero-order valence-electron chi connectivity index (χ0n) is 9.57. The summed E-state index contributed by atoms with van der Waals surface area (Å²) in [5.74, 6) is 0.657. The van der Waals surface area contributed by atoms with Crippen molar-refractivity contribution >= 4 is 17.5 Å². The number of benzene rings is 1. The number of carbonyl (C=O) groups excluding carboxylic acids is 1. The quantitative estimate of drug-likeness (QED) is 0.563. The number of ketones is 1. The van der Waals surface area contributed by atoms with E-state index in [2.05, 4.69) is 4.90 Å². The number of rotatable bonds is 6. The number of Topliss-reactive ketones (excluding diaryl/α,β-unsaturated/α-hetero) is 1. The average Bonchev–Trinajstić information content (AvgIpc) is 2.24. The maximum Gasteiger partial charge on any atom is 0.175 e. The molecule has 0 saturated carbocycles. The van der Waals surface area contributed by atoms with Gasteiger partial charge in [-0.25, -0.2) is 4.39 Å². The van der Waals surface area contributed by atoms with Crippen molar-refractivity contribution in [3.63, 3.8) is 0 Å². The Bertz CT molecular complexity index is 355. The van der Waals surface area contributed by atoms with Crippen molar-refractivity contribution in [3.8, 4) is 0 Å². The SMILES string of the molecule is CN(C)CCSCC(=O)c1ccccc1F. The lowest BCUT2D eigenvalue weighted by Crippen LogP contribution is -2.16. The molecule has 88 valence electrons. The van der Waals surface area contributed by atoms with Crippen molar-refractivity contribution in [2.24, 2.45) is 0 Å². The average molecular weight is 241 g/mol. The lowest BCUT2D eigenvalue weighted by molar-refractivity contribution is 0.101. The summed E-state index contributed by atoms with van der Waals surface area (Å²) in [4.78, 5) is 13.7. The van der Waals surface area contributed by atoms with E-state index in [9.17, 15) is 9.18 Å². The zero-order chi connectivity index (χ0) is 12.0. The minimum atomic E-state index is -0.430. The van der Waals surface area contributed by atoms with Crippen LogP contribution in [-0.4, -0.2) is 42.8 Å². The fraction of sp³-hybridized carbons (Fsp3) is 0.417. The van der Waals surface area contributed by atoms with Gasteiger partial charge in [-0.1, -0.05) is 12.1 Å². The van der Waals surface area contributed by atoms with E-state index in [1.807, 2.05) is 14.1 Å². The van der Waals surface area contributed by atoms with E-state index in [0.29, 0.717) is 5.75 Å². The second-order valence-corrected chi connectivity index (χ2v) is 4.86. The van der Waals surface area contributed by atoms with Crippen LogP contribution in [0.1, 0.15) is 10.4 Å². The zero-order valence-corrected chi connectivity index (χ0v) is 10.4. The highest BCUT2D eigenvalue weighted by atomic mass is 32.2. The van der Waals surface area contributed by atoms with Gasteiger partial charge in [-0.15, -0.1) is 0 Å². The largest absolute Gasteiger partial charge is 0.309 e. The summed E-state index contributed by atoms with van der Waals surface area (Å²) < 4.78 is 13.2. The van der Waals surface area contributed by atoms with E-state index in [1.54, 1.807) is 12.1 Å². The molecule has 0 saturated heterocycles. The molecular formula is C12H16FNOS. The van der Waals surface area contributed by atoms with Crippen LogP contribution in [-0.2, 0) is 0 Å². The van der Waals surface area contributed by atoms with Crippen molar-refractivity contribution in [1.29, 1.82) is 0 Å². The van der Waals surface area contributed by atoms with Crippen LogP contribution in [0.25, 0.3) is 0 Å². The van der Waals surface area contributed by atoms with Crippen LogP contribution in [0, 0.1) is 5.82 Å². The lowest BCUT2D eigenvalue weighted by atomic mass is 10.1. The van der Waals surface area contributed by atoms with E-state index in [0.717, 1.165) is 12.3 Å². The summed E-state index contributed by atoms with van der Waals surface area (Å²) >= 11 is 1.54. The van der Waals surface area contributed by atoms with Crippen molar-refractivity contribution in [1.82, 2.24) is 4.90 Å². The molecule has 2 nitrogen and oxygen atoms in total. The molecule has 0 fully saturated rings. The predicted octanol–water partition coefficient (Wildman–Crippen LogP) is 2.30. The van der Waals surface area contributed by atoms with Gasteiger partial charge < -0.3 is 4.90 Å². The molecule has 0 bridgehead atoms. The molecule has 0 aromatic heterocycles. The highest BCUT2D eigenvalue weighted by Crippen LogP contribution is 2.11. The van der Waals surface area contributed by atoms with Crippen molar-refractivity contribution in [3.05, 3.63) is 35.6 Å². The Labute approximate surface area is 99.8 Å². The molecule has 0 unspecified atom stereocenters. The van der Waals surface area contributed by atoms with E-state index in [1.165, 1.54) is 23.9 Å². The number of nitrogens with zero attached hydrogens (tertiary/aromatic N) is 1. The van der Waals surface area contributed by atoms with E-state index in [4.69, 9.17) is 0 Å². The van der Waals surface area contributed by atoms with Gasteiger partial charge >= 0.3 is 0 Å². The van der Waals surface area contributed by atoms with Crippen LogP contribution >= 0.6 is 11.8 Å². The van der Waals surface area contributed by atoms with Crippen LogP contribution in [0.15, 0.2) is 24.3 Å². The Morgan fingerprint density at radius 3 is 2.69 bits per heavy atom. The highest BCUT2D eigenvalue weighted by Gasteiger charge is 2.10. The first-order valence-electron chi connectivity index (χ1n) is 5.11. The Morgan fingerprint density at radius 1 is 1.38 bits per heavy atom. The molecule has 4 heteroatoms. The summed E-state index contributed by atoms with van der Waals surface area (Å²) in [6.07, 6.45) is 0. The van der Waals surface area contributed by atoms with Gasteiger partial charge in [0.25, 0.3) is 0 Å². The molecule has 0 aliphatic carbocycles. The number of halogens is 1. The van der Waals surface area contributed by atoms with Gasteiger partial charge in [0.15, 0.2) is 5.78 Å². The fourth-order valence-electron chi connectivity index (χ4n) is 1.18. The van der Waals surface area contributed by atoms with Gasteiger partial charge in [-0.2, -0.15) is 11.8 Å². The molecule has 1 rings (SSSR count). The third kappa shape index (κ3) is 4.33. The van der Waals surface area contributed by atoms with Crippen molar-refractivity contribution in [2.75, 3.05) is 32.1 Å². The molecule has 16 heavy (non-hydrogen) atoms. The monoisotopic (exact) mass is 241 g/mol. The topological polar surface area (TPSA) is 20.3 Å². The Balaban J connectivity index is 2.39. The molecule has 0 spiro atoms. The molecule has 0 aliphatic rings. The first-order valence-corrected chi connectivity index (χ1v) is 6.27. The molecule has 0 N–H and O–H groups in total. The summed E-state index contributed by atoms with van der Waals surface area (Å²) in [5.41, 5.74) is 0.194. The second kappa shape index (κ2) is 6.66. The van der Waals surface area contributed by atoms with Crippen LogP contribution in [0.2, 0.25) is 0 Å². The molecule has 0 atom stereocenters. The minimum absolute atomic E-state index is 0.137. The predicted molar refractivity (Wildman–Crippen MR) is 66.6 cm³/mol. The van der Waals surface area contributed by atoms with E-state index in [-0.39, 0.29) is 11.3 Å². The van der Waals surface area contributed by atoms with Crippen LogP contribution in [0.4, 0.5) is 4.39 Å². The number of hydrogen-bond donors (Lipinski definition) is 0. The Morgan fingerprint density at radius 2 is 2.06 bits per heavy atom. The van der Waals surface area contributed by atoms with Crippen LogP contribution < -0.4 is 0 Å². The first kappa shape index (κ1) is 13.2. The normalized spacial score (nSPS) is 10.8. The third-order valence-corrected chi connectivity index (χ3v) is 3.03. The summed E-state index contributed by atoms with van der Waals surface area (Å²) in [7, 11) is 3.97. The Hall–Kier alpha value is -0.870. The van der Waals surface area contributed by atoms with E-state index >= 15 is 0 Å². The second-order valence-electron chi connectivity index (χ2n) is 3.76. The van der Waals surface area contributed by atoms with Crippen molar-refractivity contribution in [2.45, 2.75) is 0 Å². The van der Waals surface area contributed by atoms with Gasteiger partial charge in [-0.05, 0) is 26.2 Å². The van der Waals surface area contributed by atoms with Crippen molar-refractivity contribution < 1.29 is 9.18 Å². The Kier molecular flexibility index (Phi) is 5.49. The van der Waals surface area contributed by atoms with E-state index < -0.39 is 5.82 Å². The van der Waals surface area contributed by atoms with Gasteiger partial charge in [-0.3, -0.25) is 4.79 Å². The maximum atomic E-state index is 13.2.